The predicted octanol–water partition coefficient (Wildman–Crippen LogP) is 5.68. The number of amides is 2. The van der Waals surface area contributed by atoms with Crippen molar-refractivity contribution in [1.82, 2.24) is 5.32 Å². The van der Waals surface area contributed by atoms with Gasteiger partial charge < -0.3 is 20.7 Å². The van der Waals surface area contributed by atoms with Gasteiger partial charge in [-0.05, 0) is 60.4 Å². The summed E-state index contributed by atoms with van der Waals surface area (Å²) >= 11 is 0. The van der Waals surface area contributed by atoms with Gasteiger partial charge in [-0.3, -0.25) is 9.59 Å². The number of rotatable bonds is 12. The van der Waals surface area contributed by atoms with E-state index < -0.39 is 0 Å². The van der Waals surface area contributed by atoms with Gasteiger partial charge in [0.2, 0.25) is 5.91 Å². The van der Waals surface area contributed by atoms with Gasteiger partial charge in [0.25, 0.3) is 5.91 Å². The van der Waals surface area contributed by atoms with Crippen LogP contribution in [0.15, 0.2) is 109 Å². The molecule has 4 aromatic carbocycles. The third kappa shape index (κ3) is 8.25. The van der Waals surface area contributed by atoms with E-state index in [2.05, 4.69) is 28.1 Å². The van der Waals surface area contributed by atoms with Crippen molar-refractivity contribution in [2.75, 3.05) is 23.8 Å². The first-order valence-electron chi connectivity index (χ1n) is 12.4. The third-order valence-electron chi connectivity index (χ3n) is 5.77. The molecule has 0 bridgehead atoms. The summed E-state index contributed by atoms with van der Waals surface area (Å²) in [4.78, 5) is 24.9. The number of hydrogen-bond donors (Lipinski definition) is 3. The molecule has 6 nitrogen and oxygen atoms in total. The van der Waals surface area contributed by atoms with Gasteiger partial charge in [0, 0.05) is 17.8 Å². The van der Waals surface area contributed by atoms with Gasteiger partial charge in [0.1, 0.15) is 5.75 Å². The van der Waals surface area contributed by atoms with E-state index in [1.807, 2.05) is 72.8 Å². The SMILES string of the molecule is O=C(CNc1ccc(C(=O)NCc2ccccc2)cc1)Nc1ccccc1OCCCc1ccccc1. The number of nitrogens with one attached hydrogen (secondary N) is 3. The van der Waals surface area contributed by atoms with Crippen molar-refractivity contribution in [3.05, 3.63) is 126 Å². The summed E-state index contributed by atoms with van der Waals surface area (Å²) in [5.41, 5.74) is 4.27. The quantitative estimate of drug-likeness (QED) is 0.222. The number of carbonyl (C=O) groups is 2. The molecule has 6 heteroatoms. The Hall–Kier alpha value is -4.58. The average Bonchev–Trinajstić information content (AvgIpc) is 2.95. The molecule has 4 rings (SSSR count). The van der Waals surface area contributed by atoms with Crippen molar-refractivity contribution in [2.45, 2.75) is 19.4 Å². The molecule has 0 unspecified atom stereocenters. The zero-order chi connectivity index (χ0) is 25.7. The van der Waals surface area contributed by atoms with E-state index in [4.69, 9.17) is 4.74 Å². The average molecular weight is 494 g/mol. The van der Waals surface area contributed by atoms with Crippen molar-refractivity contribution < 1.29 is 14.3 Å². The molecule has 37 heavy (non-hydrogen) atoms. The molecular formula is C31H31N3O3. The molecule has 0 saturated carbocycles. The topological polar surface area (TPSA) is 79.5 Å². The number of aryl methyl sites for hydroxylation is 1. The van der Waals surface area contributed by atoms with E-state index in [0.29, 0.717) is 30.2 Å². The molecule has 4 aromatic rings. The van der Waals surface area contributed by atoms with Gasteiger partial charge >= 0.3 is 0 Å². The maximum absolute atomic E-state index is 12.6. The fourth-order valence-corrected chi connectivity index (χ4v) is 3.80. The molecule has 2 amide bonds. The van der Waals surface area contributed by atoms with E-state index >= 15 is 0 Å². The molecule has 0 spiro atoms. The van der Waals surface area contributed by atoms with Crippen molar-refractivity contribution >= 4 is 23.2 Å². The van der Waals surface area contributed by atoms with Crippen LogP contribution in [0.1, 0.15) is 27.9 Å². The smallest absolute Gasteiger partial charge is 0.251 e. The lowest BCUT2D eigenvalue weighted by molar-refractivity contribution is -0.114. The highest BCUT2D eigenvalue weighted by molar-refractivity contribution is 5.96. The van der Waals surface area contributed by atoms with Crippen LogP contribution in [0.25, 0.3) is 0 Å². The highest BCUT2D eigenvalue weighted by Gasteiger charge is 2.09. The maximum atomic E-state index is 12.6. The van der Waals surface area contributed by atoms with Gasteiger partial charge in [0.05, 0.1) is 18.8 Å². The minimum absolute atomic E-state index is 0.0852. The van der Waals surface area contributed by atoms with Crippen LogP contribution >= 0.6 is 0 Å². The molecule has 0 heterocycles. The summed E-state index contributed by atoms with van der Waals surface area (Å²) in [6.07, 6.45) is 1.82. The summed E-state index contributed by atoms with van der Waals surface area (Å²) in [6, 6.07) is 34.5. The fraction of sp³-hybridized carbons (Fsp3) is 0.161. The molecule has 3 N–H and O–H groups in total. The van der Waals surface area contributed by atoms with E-state index in [0.717, 1.165) is 24.1 Å². The van der Waals surface area contributed by atoms with Crippen molar-refractivity contribution in [3.8, 4) is 5.75 Å². The summed E-state index contributed by atoms with van der Waals surface area (Å²) in [5.74, 6) is 0.313. The second-order valence-corrected chi connectivity index (χ2v) is 8.58. The lowest BCUT2D eigenvalue weighted by atomic mass is 10.1. The molecule has 0 atom stereocenters. The standard InChI is InChI=1S/C31H31N3O3/c35-30(34-28-15-7-8-16-29(28)37-21-9-14-24-10-3-1-4-11-24)23-32-27-19-17-26(18-20-27)31(36)33-22-25-12-5-2-6-13-25/h1-8,10-13,15-20,32H,9,14,21-23H2,(H,33,36)(H,34,35). The normalized spacial score (nSPS) is 10.4. The minimum atomic E-state index is -0.190. The van der Waals surface area contributed by atoms with E-state index in [1.165, 1.54) is 5.56 Å². The molecule has 0 aliphatic heterocycles. The monoisotopic (exact) mass is 493 g/mol. The lowest BCUT2D eigenvalue weighted by Crippen LogP contribution is -2.23. The van der Waals surface area contributed by atoms with Crippen LogP contribution in [0.4, 0.5) is 11.4 Å². The maximum Gasteiger partial charge on any atom is 0.251 e. The molecule has 0 fully saturated rings. The highest BCUT2D eigenvalue weighted by Crippen LogP contribution is 2.24. The van der Waals surface area contributed by atoms with Gasteiger partial charge in [-0.1, -0.05) is 72.8 Å². The van der Waals surface area contributed by atoms with Crippen LogP contribution in [0.5, 0.6) is 5.75 Å². The molecule has 0 aliphatic carbocycles. The summed E-state index contributed by atoms with van der Waals surface area (Å²) in [7, 11) is 0. The Morgan fingerprint density at radius 2 is 1.35 bits per heavy atom. The van der Waals surface area contributed by atoms with Crippen molar-refractivity contribution in [2.24, 2.45) is 0 Å². The second-order valence-electron chi connectivity index (χ2n) is 8.58. The Bertz CT molecular complexity index is 1280. The number of hydrogen-bond acceptors (Lipinski definition) is 4. The van der Waals surface area contributed by atoms with E-state index in [-0.39, 0.29) is 18.4 Å². The van der Waals surface area contributed by atoms with E-state index in [1.54, 1.807) is 24.3 Å². The number of carbonyl (C=O) groups excluding carboxylic acids is 2. The second kappa shape index (κ2) is 13.5. The zero-order valence-electron chi connectivity index (χ0n) is 20.7. The predicted molar refractivity (Wildman–Crippen MR) is 148 cm³/mol. The Morgan fingerprint density at radius 3 is 2.08 bits per heavy atom. The fourth-order valence-electron chi connectivity index (χ4n) is 3.80. The van der Waals surface area contributed by atoms with Gasteiger partial charge in [-0.2, -0.15) is 0 Å². The van der Waals surface area contributed by atoms with Crippen LogP contribution in [0.3, 0.4) is 0 Å². The van der Waals surface area contributed by atoms with Crippen LogP contribution in [0, 0.1) is 0 Å². The Balaban J connectivity index is 1.21. The molecule has 0 aliphatic rings. The van der Waals surface area contributed by atoms with Gasteiger partial charge in [-0.25, -0.2) is 0 Å². The molecule has 0 radical (unpaired) electrons. The van der Waals surface area contributed by atoms with Crippen LogP contribution in [0.2, 0.25) is 0 Å². The van der Waals surface area contributed by atoms with Gasteiger partial charge in [0.15, 0.2) is 0 Å². The highest BCUT2D eigenvalue weighted by atomic mass is 16.5. The Morgan fingerprint density at radius 1 is 0.703 bits per heavy atom. The molecule has 0 aromatic heterocycles. The van der Waals surface area contributed by atoms with Gasteiger partial charge in [-0.15, -0.1) is 0 Å². The van der Waals surface area contributed by atoms with Crippen molar-refractivity contribution in [1.29, 1.82) is 0 Å². The molecule has 188 valence electrons. The Kier molecular flexibility index (Phi) is 9.30. The first kappa shape index (κ1) is 25.5. The van der Waals surface area contributed by atoms with Crippen molar-refractivity contribution in [3.63, 3.8) is 0 Å². The number of benzene rings is 4. The first-order valence-corrected chi connectivity index (χ1v) is 12.4. The summed E-state index contributed by atoms with van der Waals surface area (Å²) < 4.78 is 5.93. The summed E-state index contributed by atoms with van der Waals surface area (Å²) in [6.45, 7) is 1.12. The largest absolute Gasteiger partial charge is 0.491 e. The zero-order valence-corrected chi connectivity index (χ0v) is 20.7. The van der Waals surface area contributed by atoms with E-state index in [9.17, 15) is 9.59 Å². The van der Waals surface area contributed by atoms with Crippen LogP contribution < -0.4 is 20.7 Å². The minimum Gasteiger partial charge on any atom is -0.491 e. The summed E-state index contributed by atoms with van der Waals surface area (Å²) in [5, 5.41) is 8.91. The van der Waals surface area contributed by atoms with Crippen LogP contribution in [-0.2, 0) is 17.8 Å². The number of para-hydroxylation sites is 2. The first-order chi connectivity index (χ1) is 18.2. The lowest BCUT2D eigenvalue weighted by Gasteiger charge is -2.13. The number of ether oxygens (including phenoxy) is 1. The Labute approximate surface area is 217 Å². The molecular weight excluding hydrogens is 462 g/mol. The number of anilines is 2. The third-order valence-corrected chi connectivity index (χ3v) is 5.77. The van der Waals surface area contributed by atoms with Crippen LogP contribution in [-0.4, -0.2) is 25.0 Å². The molecule has 0 saturated heterocycles.